The molecule has 21 heavy (non-hydrogen) atoms. The Labute approximate surface area is 124 Å². The first-order chi connectivity index (χ1) is 9.74. The predicted molar refractivity (Wildman–Crippen MR) is 80.7 cm³/mol. The zero-order chi connectivity index (χ0) is 15.8. The first-order valence-corrected chi connectivity index (χ1v) is 7.07. The van der Waals surface area contributed by atoms with Crippen molar-refractivity contribution in [3.63, 3.8) is 0 Å². The molecule has 1 aromatic carbocycles. The molecule has 114 valence electrons. The van der Waals surface area contributed by atoms with Crippen molar-refractivity contribution < 1.29 is 14.3 Å². The monoisotopic (exact) mass is 290 g/mol. The zero-order valence-electron chi connectivity index (χ0n) is 12.9. The minimum atomic E-state index is -0.599. The average Bonchev–Trinajstić information content (AvgIpc) is 3.19. The van der Waals surface area contributed by atoms with Crippen LogP contribution in [0.25, 0.3) is 0 Å². The van der Waals surface area contributed by atoms with Crippen molar-refractivity contribution in [2.75, 3.05) is 7.11 Å². The van der Waals surface area contributed by atoms with Crippen LogP contribution in [0.4, 0.5) is 0 Å². The van der Waals surface area contributed by atoms with Crippen molar-refractivity contribution in [2.45, 2.75) is 45.1 Å². The van der Waals surface area contributed by atoms with Gasteiger partial charge in [-0.15, -0.1) is 0 Å². The molecule has 1 saturated carbocycles. The molecule has 0 radical (unpaired) electrons. The number of benzene rings is 1. The van der Waals surface area contributed by atoms with E-state index >= 15 is 0 Å². The van der Waals surface area contributed by atoms with E-state index in [0.717, 1.165) is 18.4 Å². The molecule has 3 N–H and O–H groups in total. The van der Waals surface area contributed by atoms with Crippen LogP contribution in [0.1, 0.15) is 59.9 Å². The first kappa shape index (κ1) is 15.4. The predicted octanol–water partition coefficient (Wildman–Crippen LogP) is 1.98. The number of hydrogen-bond donors (Lipinski definition) is 2. The molecule has 2 rings (SSSR count). The lowest BCUT2D eigenvalue weighted by molar-refractivity contribution is 0.0948. The molecule has 5 nitrogen and oxygen atoms in total. The maximum atomic E-state index is 12.4. The Hall–Kier alpha value is -2.04. The molecule has 1 aliphatic rings. The third-order valence-corrected chi connectivity index (χ3v) is 3.58. The number of methoxy groups -OCH3 is 1. The highest BCUT2D eigenvalue weighted by molar-refractivity contribution is 6.04. The maximum absolute atomic E-state index is 12.4. The number of carbonyl (C=O) groups excluding carboxylic acids is 2. The van der Waals surface area contributed by atoms with Gasteiger partial charge in [0.05, 0.1) is 18.2 Å². The van der Waals surface area contributed by atoms with Gasteiger partial charge in [0.1, 0.15) is 5.75 Å². The van der Waals surface area contributed by atoms with Gasteiger partial charge in [0.15, 0.2) is 0 Å². The van der Waals surface area contributed by atoms with Gasteiger partial charge < -0.3 is 15.8 Å². The molecule has 0 atom stereocenters. The fourth-order valence-electron chi connectivity index (χ4n) is 2.12. The highest BCUT2D eigenvalue weighted by atomic mass is 16.5. The Morgan fingerprint density at radius 3 is 2.24 bits per heavy atom. The van der Waals surface area contributed by atoms with E-state index in [1.165, 1.54) is 7.11 Å². The summed E-state index contributed by atoms with van der Waals surface area (Å²) in [6.07, 6.45) is 1.99. The molecule has 1 aliphatic carbocycles. The summed E-state index contributed by atoms with van der Waals surface area (Å²) in [7, 11) is 1.44. The lowest BCUT2D eigenvalue weighted by Gasteiger charge is -2.22. The molecule has 0 bridgehead atoms. The molecule has 0 aliphatic heterocycles. The number of rotatable bonds is 4. The summed E-state index contributed by atoms with van der Waals surface area (Å²) in [5, 5.41) is 2.92. The van der Waals surface area contributed by atoms with Gasteiger partial charge in [0.25, 0.3) is 11.8 Å². The Morgan fingerprint density at radius 1 is 1.24 bits per heavy atom. The summed E-state index contributed by atoms with van der Waals surface area (Å²) in [5.74, 6) is -0.574. The number of nitrogens with one attached hydrogen (secondary N) is 1. The standard InChI is InChI=1S/C16H22N2O3/c1-16(2,3)9-7-11(14(17)19)13(21-4)12(8-9)15(20)18-10-5-6-10/h7-8,10H,5-6H2,1-4H3,(H2,17,19)(H,18,20). The van der Waals surface area contributed by atoms with E-state index < -0.39 is 5.91 Å². The Bertz CT molecular complexity index is 584. The summed E-state index contributed by atoms with van der Waals surface area (Å²) in [6.45, 7) is 6.05. The van der Waals surface area contributed by atoms with Gasteiger partial charge in [0.2, 0.25) is 0 Å². The number of nitrogens with two attached hydrogens (primary N) is 1. The average molecular weight is 290 g/mol. The minimum Gasteiger partial charge on any atom is -0.495 e. The van der Waals surface area contributed by atoms with Crippen molar-refractivity contribution in [3.05, 3.63) is 28.8 Å². The maximum Gasteiger partial charge on any atom is 0.255 e. The van der Waals surface area contributed by atoms with Gasteiger partial charge >= 0.3 is 0 Å². The largest absolute Gasteiger partial charge is 0.495 e. The summed E-state index contributed by atoms with van der Waals surface area (Å²) in [4.78, 5) is 24.1. The number of ether oxygens (including phenoxy) is 1. The first-order valence-electron chi connectivity index (χ1n) is 7.07. The Kier molecular flexibility index (Phi) is 3.94. The molecule has 1 fully saturated rings. The molecule has 1 aromatic rings. The topological polar surface area (TPSA) is 81.4 Å². The molecule has 0 unspecified atom stereocenters. The molecule has 2 amide bonds. The highest BCUT2D eigenvalue weighted by Crippen LogP contribution is 2.32. The SMILES string of the molecule is COc1c(C(N)=O)cc(C(C)(C)C)cc1C(=O)NC1CC1. The van der Waals surface area contributed by atoms with E-state index in [1.54, 1.807) is 12.1 Å². The normalized spacial score (nSPS) is 14.7. The van der Waals surface area contributed by atoms with Gasteiger partial charge in [0, 0.05) is 6.04 Å². The number of carbonyl (C=O) groups is 2. The second-order valence-corrected chi connectivity index (χ2v) is 6.47. The van der Waals surface area contributed by atoms with Crippen LogP contribution in [0.5, 0.6) is 5.75 Å². The third-order valence-electron chi connectivity index (χ3n) is 3.58. The second kappa shape index (κ2) is 5.39. The van der Waals surface area contributed by atoms with Crippen LogP contribution < -0.4 is 15.8 Å². The molecule has 0 spiro atoms. The molecular weight excluding hydrogens is 268 g/mol. The van der Waals surface area contributed by atoms with Crippen LogP contribution in [0.2, 0.25) is 0 Å². The van der Waals surface area contributed by atoms with Crippen molar-refractivity contribution in [3.8, 4) is 5.75 Å². The lowest BCUT2D eigenvalue weighted by Crippen LogP contribution is -2.28. The Morgan fingerprint density at radius 2 is 1.81 bits per heavy atom. The highest BCUT2D eigenvalue weighted by Gasteiger charge is 2.28. The smallest absolute Gasteiger partial charge is 0.255 e. The quantitative estimate of drug-likeness (QED) is 0.889. The van der Waals surface area contributed by atoms with Gasteiger partial charge in [-0.05, 0) is 36.0 Å². The van der Waals surface area contributed by atoms with Crippen LogP contribution in [0, 0.1) is 0 Å². The summed E-state index contributed by atoms with van der Waals surface area (Å²) in [6, 6.07) is 3.72. The Balaban J connectivity index is 2.55. The lowest BCUT2D eigenvalue weighted by atomic mass is 9.84. The van der Waals surface area contributed by atoms with Gasteiger partial charge in [-0.2, -0.15) is 0 Å². The van der Waals surface area contributed by atoms with E-state index in [0.29, 0.717) is 5.56 Å². The number of amides is 2. The van der Waals surface area contributed by atoms with Crippen molar-refractivity contribution in [2.24, 2.45) is 5.73 Å². The molecular formula is C16H22N2O3. The van der Waals surface area contributed by atoms with Crippen LogP contribution in [0.15, 0.2) is 12.1 Å². The van der Waals surface area contributed by atoms with Gasteiger partial charge in [-0.25, -0.2) is 0 Å². The van der Waals surface area contributed by atoms with Crippen LogP contribution in [0.3, 0.4) is 0 Å². The van der Waals surface area contributed by atoms with E-state index in [2.05, 4.69) is 5.32 Å². The zero-order valence-corrected chi connectivity index (χ0v) is 12.9. The van der Waals surface area contributed by atoms with Crippen molar-refractivity contribution in [1.82, 2.24) is 5.32 Å². The van der Waals surface area contributed by atoms with E-state index in [1.807, 2.05) is 20.8 Å². The van der Waals surface area contributed by atoms with E-state index in [4.69, 9.17) is 10.5 Å². The van der Waals surface area contributed by atoms with Crippen LogP contribution in [-0.4, -0.2) is 25.0 Å². The number of primary amides is 1. The summed E-state index contributed by atoms with van der Waals surface area (Å²) < 4.78 is 5.27. The van der Waals surface area contributed by atoms with E-state index in [9.17, 15) is 9.59 Å². The van der Waals surface area contributed by atoms with E-state index in [-0.39, 0.29) is 28.7 Å². The third kappa shape index (κ3) is 3.35. The fourth-order valence-corrected chi connectivity index (χ4v) is 2.12. The second-order valence-electron chi connectivity index (χ2n) is 6.47. The van der Waals surface area contributed by atoms with Gasteiger partial charge in [-0.1, -0.05) is 20.8 Å². The fraction of sp³-hybridized carbons (Fsp3) is 0.500. The van der Waals surface area contributed by atoms with Crippen LogP contribution >= 0.6 is 0 Å². The van der Waals surface area contributed by atoms with Crippen molar-refractivity contribution >= 4 is 11.8 Å². The van der Waals surface area contributed by atoms with Gasteiger partial charge in [-0.3, -0.25) is 9.59 Å². The molecule has 0 aromatic heterocycles. The molecule has 0 heterocycles. The van der Waals surface area contributed by atoms with Crippen molar-refractivity contribution in [1.29, 1.82) is 0 Å². The molecule has 0 saturated heterocycles. The summed E-state index contributed by atoms with van der Waals surface area (Å²) >= 11 is 0. The van der Waals surface area contributed by atoms with Crippen LogP contribution in [-0.2, 0) is 5.41 Å². The molecule has 5 heteroatoms. The number of hydrogen-bond acceptors (Lipinski definition) is 3. The summed E-state index contributed by atoms with van der Waals surface area (Å²) in [5.41, 5.74) is 6.71. The minimum absolute atomic E-state index is 0.203.